The smallest absolute Gasteiger partial charge is 0.127 e. The Morgan fingerprint density at radius 2 is 1.85 bits per heavy atom. The SMILES string of the molecule is CC(C)C[C@H]1CN2C(=CC3=NC[C@H](C(C)C)N3C[C@@H]2Cc2ccccc2)N1. The summed E-state index contributed by atoms with van der Waals surface area (Å²) in [5.74, 6) is 3.80. The number of rotatable bonds is 5. The van der Waals surface area contributed by atoms with Crippen molar-refractivity contribution >= 4 is 5.84 Å². The highest BCUT2D eigenvalue weighted by Gasteiger charge is 2.39. The largest absolute Gasteiger partial charge is 0.367 e. The molecular weight excluding hydrogens is 332 g/mol. The van der Waals surface area contributed by atoms with Crippen molar-refractivity contribution in [1.29, 1.82) is 0 Å². The molecule has 3 atom stereocenters. The maximum atomic E-state index is 4.91. The number of aliphatic imine (C=N–C) groups is 1. The summed E-state index contributed by atoms with van der Waals surface area (Å²) in [6, 6.07) is 12.5. The van der Waals surface area contributed by atoms with Crippen LogP contribution in [0.1, 0.15) is 39.7 Å². The van der Waals surface area contributed by atoms with Crippen molar-refractivity contribution in [2.45, 2.75) is 58.7 Å². The van der Waals surface area contributed by atoms with Crippen LogP contribution in [0.2, 0.25) is 0 Å². The Balaban J connectivity index is 1.62. The summed E-state index contributed by atoms with van der Waals surface area (Å²) in [6.07, 6.45) is 4.62. The fraction of sp³-hybridized carbons (Fsp3) is 0.609. The second-order valence-electron chi connectivity index (χ2n) is 9.16. The minimum atomic E-state index is 0.482. The molecule has 0 saturated carbocycles. The van der Waals surface area contributed by atoms with E-state index in [9.17, 15) is 0 Å². The molecule has 4 rings (SSSR count). The first kappa shape index (κ1) is 18.4. The molecule has 1 aromatic rings. The summed E-state index contributed by atoms with van der Waals surface area (Å²) in [5, 5.41) is 3.82. The van der Waals surface area contributed by atoms with Gasteiger partial charge in [0.1, 0.15) is 11.7 Å². The van der Waals surface area contributed by atoms with E-state index in [2.05, 4.69) is 79.2 Å². The average molecular weight is 367 g/mol. The molecule has 1 aromatic carbocycles. The van der Waals surface area contributed by atoms with Gasteiger partial charge in [0.05, 0.1) is 18.6 Å². The van der Waals surface area contributed by atoms with Gasteiger partial charge in [0.15, 0.2) is 0 Å². The lowest BCUT2D eigenvalue weighted by Gasteiger charge is -2.35. The summed E-state index contributed by atoms with van der Waals surface area (Å²) in [5.41, 5.74) is 1.43. The normalized spacial score (nSPS) is 27.3. The van der Waals surface area contributed by atoms with E-state index >= 15 is 0 Å². The van der Waals surface area contributed by atoms with Crippen molar-refractivity contribution < 1.29 is 0 Å². The van der Waals surface area contributed by atoms with Crippen LogP contribution in [0, 0.1) is 11.8 Å². The maximum absolute atomic E-state index is 4.91. The van der Waals surface area contributed by atoms with Gasteiger partial charge in [0, 0.05) is 25.2 Å². The molecule has 0 aromatic heterocycles. The molecule has 0 spiro atoms. The molecule has 1 saturated heterocycles. The van der Waals surface area contributed by atoms with Crippen molar-refractivity contribution in [3.05, 3.63) is 47.8 Å². The maximum Gasteiger partial charge on any atom is 0.127 e. The van der Waals surface area contributed by atoms with Crippen molar-refractivity contribution in [1.82, 2.24) is 15.1 Å². The summed E-state index contributed by atoms with van der Waals surface area (Å²) in [6.45, 7) is 12.4. The summed E-state index contributed by atoms with van der Waals surface area (Å²) >= 11 is 0. The summed E-state index contributed by atoms with van der Waals surface area (Å²) in [7, 11) is 0. The van der Waals surface area contributed by atoms with E-state index in [0.29, 0.717) is 30.0 Å². The zero-order valence-corrected chi connectivity index (χ0v) is 17.2. The molecule has 3 aliphatic heterocycles. The number of nitrogens with zero attached hydrogens (tertiary/aromatic N) is 3. The molecule has 146 valence electrons. The Hall–Kier alpha value is -1.97. The molecule has 27 heavy (non-hydrogen) atoms. The molecule has 1 fully saturated rings. The van der Waals surface area contributed by atoms with Crippen LogP contribution in [0.25, 0.3) is 0 Å². The van der Waals surface area contributed by atoms with Crippen molar-refractivity contribution in [2.75, 3.05) is 19.6 Å². The molecule has 0 bridgehead atoms. The number of fused-ring (bicyclic) bond motifs is 2. The standard InChI is InChI=1S/C23H34N4/c1-16(2)10-19-14-26-20(11-18-8-6-5-7-9-18)15-27-21(17(3)4)13-24-22(27)12-23(26)25-19/h5-9,12,16-17,19-21,25H,10-11,13-15H2,1-4H3/t19-,20-,21+/m0/s1. The van der Waals surface area contributed by atoms with Gasteiger partial charge in [0.25, 0.3) is 0 Å². The number of nitrogens with one attached hydrogen (secondary N) is 1. The van der Waals surface area contributed by atoms with Gasteiger partial charge < -0.3 is 15.1 Å². The molecule has 3 heterocycles. The van der Waals surface area contributed by atoms with Gasteiger partial charge in [-0.25, -0.2) is 0 Å². The van der Waals surface area contributed by atoms with Crippen molar-refractivity contribution in [3.63, 3.8) is 0 Å². The van der Waals surface area contributed by atoms with E-state index in [1.165, 1.54) is 23.6 Å². The van der Waals surface area contributed by atoms with E-state index in [1.807, 2.05) is 0 Å². The van der Waals surface area contributed by atoms with Gasteiger partial charge in [-0.2, -0.15) is 0 Å². The Bertz CT molecular complexity index is 706. The molecule has 0 aliphatic carbocycles. The predicted molar refractivity (Wildman–Crippen MR) is 113 cm³/mol. The number of hydrogen-bond donors (Lipinski definition) is 1. The summed E-state index contributed by atoms with van der Waals surface area (Å²) < 4.78 is 0. The highest BCUT2D eigenvalue weighted by Crippen LogP contribution is 2.29. The lowest BCUT2D eigenvalue weighted by Crippen LogP contribution is -2.47. The minimum Gasteiger partial charge on any atom is -0.367 e. The van der Waals surface area contributed by atoms with Gasteiger partial charge in [-0.3, -0.25) is 4.99 Å². The lowest BCUT2D eigenvalue weighted by atomic mass is 10.00. The summed E-state index contributed by atoms with van der Waals surface area (Å²) in [4.78, 5) is 10.1. The van der Waals surface area contributed by atoms with E-state index < -0.39 is 0 Å². The van der Waals surface area contributed by atoms with Crippen LogP contribution in [-0.2, 0) is 6.42 Å². The second kappa shape index (κ2) is 7.57. The topological polar surface area (TPSA) is 30.9 Å². The second-order valence-corrected chi connectivity index (χ2v) is 9.16. The Morgan fingerprint density at radius 1 is 1.07 bits per heavy atom. The van der Waals surface area contributed by atoms with Crippen LogP contribution in [0.15, 0.2) is 47.2 Å². The Kier molecular flexibility index (Phi) is 5.16. The van der Waals surface area contributed by atoms with Crippen LogP contribution in [0.3, 0.4) is 0 Å². The van der Waals surface area contributed by atoms with Crippen LogP contribution in [-0.4, -0.2) is 53.4 Å². The fourth-order valence-corrected chi connectivity index (χ4v) is 4.83. The first-order valence-corrected chi connectivity index (χ1v) is 10.6. The average Bonchev–Trinajstić information content (AvgIpc) is 3.16. The van der Waals surface area contributed by atoms with Gasteiger partial charge >= 0.3 is 0 Å². The quantitative estimate of drug-likeness (QED) is 0.865. The molecule has 4 heteroatoms. The lowest BCUT2D eigenvalue weighted by molar-refractivity contribution is 0.194. The number of benzene rings is 1. The zero-order chi connectivity index (χ0) is 19.0. The third kappa shape index (κ3) is 3.85. The van der Waals surface area contributed by atoms with Gasteiger partial charge in [-0.15, -0.1) is 0 Å². The third-order valence-corrected chi connectivity index (χ3v) is 6.17. The molecule has 0 amide bonds. The molecule has 3 aliphatic rings. The number of hydrogen-bond acceptors (Lipinski definition) is 4. The minimum absolute atomic E-state index is 0.482. The Morgan fingerprint density at radius 3 is 2.56 bits per heavy atom. The molecule has 0 radical (unpaired) electrons. The van der Waals surface area contributed by atoms with Crippen LogP contribution in [0.4, 0.5) is 0 Å². The third-order valence-electron chi connectivity index (χ3n) is 6.17. The van der Waals surface area contributed by atoms with E-state index in [0.717, 1.165) is 26.1 Å². The van der Waals surface area contributed by atoms with Gasteiger partial charge in [-0.1, -0.05) is 58.0 Å². The molecule has 4 nitrogen and oxygen atoms in total. The first-order valence-electron chi connectivity index (χ1n) is 10.6. The molecule has 0 unspecified atom stereocenters. The van der Waals surface area contributed by atoms with E-state index in [4.69, 9.17) is 4.99 Å². The molecule has 1 N–H and O–H groups in total. The highest BCUT2D eigenvalue weighted by molar-refractivity contribution is 5.95. The molecular formula is C23H34N4. The van der Waals surface area contributed by atoms with E-state index in [-0.39, 0.29) is 0 Å². The number of amidine groups is 1. The van der Waals surface area contributed by atoms with E-state index in [1.54, 1.807) is 0 Å². The van der Waals surface area contributed by atoms with Crippen LogP contribution < -0.4 is 5.32 Å². The Labute approximate surface area is 164 Å². The zero-order valence-electron chi connectivity index (χ0n) is 17.2. The van der Waals surface area contributed by atoms with Gasteiger partial charge in [-0.05, 0) is 30.2 Å². The first-order chi connectivity index (χ1) is 13.0. The monoisotopic (exact) mass is 366 g/mol. The van der Waals surface area contributed by atoms with Crippen LogP contribution in [0.5, 0.6) is 0 Å². The fourth-order valence-electron chi connectivity index (χ4n) is 4.83. The predicted octanol–water partition coefficient (Wildman–Crippen LogP) is 3.51. The van der Waals surface area contributed by atoms with Crippen molar-refractivity contribution in [3.8, 4) is 0 Å². The van der Waals surface area contributed by atoms with Crippen molar-refractivity contribution in [2.24, 2.45) is 16.8 Å². The van der Waals surface area contributed by atoms with Gasteiger partial charge in [0.2, 0.25) is 0 Å². The highest BCUT2D eigenvalue weighted by atomic mass is 15.4. The van der Waals surface area contributed by atoms with Crippen LogP contribution >= 0.6 is 0 Å².